The van der Waals surface area contributed by atoms with E-state index in [9.17, 15) is 4.79 Å². The number of amides is 1. The summed E-state index contributed by atoms with van der Waals surface area (Å²) in [6, 6.07) is 10.6. The Morgan fingerprint density at radius 2 is 2.08 bits per heavy atom. The smallest absolute Gasteiger partial charge is 0.272 e. The molecule has 1 atom stereocenters. The summed E-state index contributed by atoms with van der Waals surface area (Å²) in [7, 11) is 0. The lowest BCUT2D eigenvalue weighted by Gasteiger charge is -2.35. The van der Waals surface area contributed by atoms with E-state index in [4.69, 9.17) is 0 Å². The van der Waals surface area contributed by atoms with E-state index in [-0.39, 0.29) is 5.91 Å². The Morgan fingerprint density at radius 1 is 1.20 bits per heavy atom. The number of carbonyl (C=O) groups is 1. The summed E-state index contributed by atoms with van der Waals surface area (Å²) >= 11 is 0. The first-order valence-corrected chi connectivity index (χ1v) is 9.26. The van der Waals surface area contributed by atoms with Crippen molar-refractivity contribution in [1.82, 2.24) is 14.9 Å². The van der Waals surface area contributed by atoms with Crippen LogP contribution in [0.1, 0.15) is 48.7 Å². The Morgan fingerprint density at radius 3 is 2.96 bits per heavy atom. The van der Waals surface area contributed by atoms with Crippen LogP contribution < -0.4 is 4.90 Å². The van der Waals surface area contributed by atoms with Gasteiger partial charge in [0, 0.05) is 30.9 Å². The second kappa shape index (κ2) is 6.82. The van der Waals surface area contributed by atoms with E-state index in [1.807, 2.05) is 17.0 Å². The number of benzene rings is 1. The molecule has 0 saturated carbocycles. The van der Waals surface area contributed by atoms with E-state index in [1.165, 1.54) is 24.0 Å². The van der Waals surface area contributed by atoms with Crippen LogP contribution in [0.3, 0.4) is 0 Å². The molecule has 3 heterocycles. The molecule has 130 valence electrons. The van der Waals surface area contributed by atoms with Crippen LogP contribution in [-0.4, -0.2) is 39.9 Å². The lowest BCUT2D eigenvalue weighted by Crippen LogP contribution is -2.43. The van der Waals surface area contributed by atoms with E-state index in [1.54, 1.807) is 0 Å². The lowest BCUT2D eigenvalue weighted by atomic mass is 9.99. The van der Waals surface area contributed by atoms with Crippen LogP contribution in [0.25, 0.3) is 0 Å². The monoisotopic (exact) mass is 336 g/mol. The third-order valence-corrected chi connectivity index (χ3v) is 5.39. The number of nitrogens with zero attached hydrogens (tertiary/aromatic N) is 4. The molecule has 1 aromatic heterocycles. The van der Waals surface area contributed by atoms with Crippen molar-refractivity contribution in [2.24, 2.45) is 0 Å². The number of fused-ring (bicyclic) bond motifs is 1. The summed E-state index contributed by atoms with van der Waals surface area (Å²) in [6.45, 7) is 3.89. The zero-order chi connectivity index (χ0) is 17.2. The molecular weight excluding hydrogens is 312 g/mol. The Bertz CT molecular complexity index is 776. The Kier molecular flexibility index (Phi) is 4.38. The van der Waals surface area contributed by atoms with Crippen molar-refractivity contribution in [1.29, 1.82) is 0 Å². The van der Waals surface area contributed by atoms with Gasteiger partial charge in [-0.05, 0) is 43.7 Å². The molecule has 5 nitrogen and oxygen atoms in total. The van der Waals surface area contributed by atoms with Crippen molar-refractivity contribution in [2.75, 3.05) is 18.0 Å². The molecule has 0 N–H and O–H groups in total. The normalized spacial score (nSPS) is 19.8. The number of carbonyl (C=O) groups excluding carboxylic acids is 1. The fourth-order valence-electron chi connectivity index (χ4n) is 4.03. The third kappa shape index (κ3) is 2.99. The van der Waals surface area contributed by atoms with E-state index < -0.39 is 0 Å². The average Bonchev–Trinajstić information content (AvgIpc) is 3.11. The number of hydrogen-bond acceptors (Lipinski definition) is 4. The maximum atomic E-state index is 13.0. The SMILES string of the molecule is CCC1CCCCN1C(=O)c1cc(N2CCc3ccccc32)ncn1. The van der Waals surface area contributed by atoms with E-state index in [0.29, 0.717) is 11.7 Å². The maximum Gasteiger partial charge on any atom is 0.272 e. The van der Waals surface area contributed by atoms with Gasteiger partial charge in [-0.25, -0.2) is 9.97 Å². The molecule has 0 bridgehead atoms. The van der Waals surface area contributed by atoms with E-state index in [0.717, 1.165) is 44.6 Å². The van der Waals surface area contributed by atoms with Crippen LogP contribution in [0, 0.1) is 0 Å². The average molecular weight is 336 g/mol. The molecule has 1 amide bonds. The molecule has 1 unspecified atom stereocenters. The molecule has 0 radical (unpaired) electrons. The van der Waals surface area contributed by atoms with Gasteiger partial charge >= 0.3 is 0 Å². The summed E-state index contributed by atoms with van der Waals surface area (Å²) in [5.41, 5.74) is 3.02. The topological polar surface area (TPSA) is 49.3 Å². The van der Waals surface area contributed by atoms with E-state index in [2.05, 4.69) is 40.0 Å². The van der Waals surface area contributed by atoms with Gasteiger partial charge < -0.3 is 9.80 Å². The van der Waals surface area contributed by atoms with Crippen molar-refractivity contribution in [3.8, 4) is 0 Å². The molecule has 1 fully saturated rings. The Labute approximate surface area is 148 Å². The highest BCUT2D eigenvalue weighted by Crippen LogP contribution is 2.33. The molecule has 0 spiro atoms. The van der Waals surface area contributed by atoms with Crippen LogP contribution in [-0.2, 0) is 6.42 Å². The third-order valence-electron chi connectivity index (χ3n) is 5.39. The van der Waals surface area contributed by atoms with Gasteiger partial charge in [0.25, 0.3) is 5.91 Å². The van der Waals surface area contributed by atoms with Crippen LogP contribution in [0.4, 0.5) is 11.5 Å². The zero-order valence-corrected chi connectivity index (χ0v) is 14.7. The highest BCUT2D eigenvalue weighted by Gasteiger charge is 2.28. The summed E-state index contributed by atoms with van der Waals surface area (Å²) < 4.78 is 0. The number of hydrogen-bond donors (Lipinski definition) is 0. The minimum atomic E-state index is 0.0442. The molecule has 2 aliphatic heterocycles. The molecule has 2 aromatic rings. The number of aromatic nitrogens is 2. The van der Waals surface area contributed by atoms with Gasteiger partial charge in [-0.3, -0.25) is 4.79 Å². The van der Waals surface area contributed by atoms with Crippen molar-refractivity contribution in [2.45, 2.75) is 45.1 Å². The summed E-state index contributed by atoms with van der Waals surface area (Å²) in [5.74, 6) is 0.857. The number of para-hydroxylation sites is 1. The van der Waals surface area contributed by atoms with Crippen molar-refractivity contribution in [3.63, 3.8) is 0 Å². The number of rotatable bonds is 3. The first-order chi connectivity index (χ1) is 12.3. The predicted molar refractivity (Wildman–Crippen MR) is 98.2 cm³/mol. The van der Waals surface area contributed by atoms with Crippen molar-refractivity contribution in [3.05, 3.63) is 47.9 Å². The Hall–Kier alpha value is -2.43. The van der Waals surface area contributed by atoms with Crippen LogP contribution in [0.5, 0.6) is 0 Å². The highest BCUT2D eigenvalue weighted by atomic mass is 16.2. The van der Waals surface area contributed by atoms with E-state index >= 15 is 0 Å². The van der Waals surface area contributed by atoms with Crippen molar-refractivity contribution < 1.29 is 4.79 Å². The second-order valence-corrected chi connectivity index (χ2v) is 6.85. The van der Waals surface area contributed by atoms with Gasteiger partial charge in [0.15, 0.2) is 0 Å². The summed E-state index contributed by atoms with van der Waals surface area (Å²) in [6.07, 6.45) is 6.92. The molecule has 2 aliphatic rings. The van der Waals surface area contributed by atoms with Gasteiger partial charge in [-0.2, -0.15) is 0 Å². The minimum Gasteiger partial charge on any atom is -0.334 e. The van der Waals surface area contributed by atoms with Crippen LogP contribution >= 0.6 is 0 Å². The summed E-state index contributed by atoms with van der Waals surface area (Å²) in [5, 5.41) is 0. The minimum absolute atomic E-state index is 0.0442. The fraction of sp³-hybridized carbons (Fsp3) is 0.450. The molecule has 5 heteroatoms. The summed E-state index contributed by atoms with van der Waals surface area (Å²) in [4.78, 5) is 25.9. The van der Waals surface area contributed by atoms with Gasteiger partial charge in [-0.15, -0.1) is 0 Å². The van der Waals surface area contributed by atoms with Gasteiger partial charge in [-0.1, -0.05) is 25.1 Å². The largest absolute Gasteiger partial charge is 0.334 e. The quantitative estimate of drug-likeness (QED) is 0.860. The van der Waals surface area contributed by atoms with Crippen LogP contribution in [0.2, 0.25) is 0 Å². The van der Waals surface area contributed by atoms with Crippen molar-refractivity contribution >= 4 is 17.4 Å². The predicted octanol–water partition coefficient (Wildman–Crippen LogP) is 3.58. The molecule has 1 aromatic carbocycles. The highest BCUT2D eigenvalue weighted by molar-refractivity contribution is 5.93. The van der Waals surface area contributed by atoms with Gasteiger partial charge in [0.2, 0.25) is 0 Å². The standard InChI is InChI=1S/C20H24N4O/c1-2-16-8-5-6-11-23(16)20(25)17-13-19(22-14-21-17)24-12-10-15-7-3-4-9-18(15)24/h3-4,7,9,13-14,16H,2,5-6,8,10-12H2,1H3. The molecule has 0 aliphatic carbocycles. The van der Waals surface area contributed by atoms with Gasteiger partial charge in [0.1, 0.15) is 17.8 Å². The molecule has 1 saturated heterocycles. The first-order valence-electron chi connectivity index (χ1n) is 9.26. The van der Waals surface area contributed by atoms with Gasteiger partial charge in [0.05, 0.1) is 0 Å². The first kappa shape index (κ1) is 16.1. The second-order valence-electron chi connectivity index (χ2n) is 6.85. The molecule has 4 rings (SSSR count). The van der Waals surface area contributed by atoms with Crippen LogP contribution in [0.15, 0.2) is 36.7 Å². The Balaban J connectivity index is 1.61. The molecule has 25 heavy (non-hydrogen) atoms. The lowest BCUT2D eigenvalue weighted by molar-refractivity contribution is 0.0602. The zero-order valence-electron chi connectivity index (χ0n) is 14.7. The number of anilines is 2. The number of likely N-dealkylation sites (tertiary alicyclic amines) is 1. The molecular formula is C20H24N4O. The maximum absolute atomic E-state index is 13.0. The number of piperidine rings is 1. The fourth-order valence-corrected chi connectivity index (χ4v) is 4.03.